The Bertz CT molecular complexity index is 1500. The minimum absolute atomic E-state index is 0.0893. The minimum Gasteiger partial charge on any atom is -0.460 e. The molecule has 250 valence electrons. The van der Waals surface area contributed by atoms with Crippen molar-refractivity contribution in [3.63, 3.8) is 0 Å². The van der Waals surface area contributed by atoms with Crippen LogP contribution in [0.2, 0.25) is 0 Å². The first-order chi connectivity index (χ1) is 22.5. The van der Waals surface area contributed by atoms with E-state index in [2.05, 4.69) is 20.6 Å². The lowest BCUT2D eigenvalue weighted by molar-refractivity contribution is -0.155. The van der Waals surface area contributed by atoms with Gasteiger partial charge >= 0.3 is 12.1 Å². The van der Waals surface area contributed by atoms with Gasteiger partial charge in [-0.15, -0.1) is 0 Å². The summed E-state index contributed by atoms with van der Waals surface area (Å²) in [4.78, 5) is 64.6. The molecule has 1 aromatic heterocycles. The summed E-state index contributed by atoms with van der Waals surface area (Å²) in [6.07, 6.45) is 0.193. The molecule has 0 aliphatic carbocycles. The number of nitrogens with one attached hydrogen (secondary N) is 2. The van der Waals surface area contributed by atoms with Crippen molar-refractivity contribution in [3.05, 3.63) is 78.0 Å². The van der Waals surface area contributed by atoms with Gasteiger partial charge in [0.1, 0.15) is 23.2 Å². The van der Waals surface area contributed by atoms with E-state index < -0.39 is 23.6 Å². The van der Waals surface area contributed by atoms with E-state index in [1.807, 2.05) is 60.7 Å². The molecule has 1 fully saturated rings. The summed E-state index contributed by atoms with van der Waals surface area (Å²) in [5.74, 6) is -0.415. The average Bonchev–Trinajstić information content (AvgIpc) is 3.06. The Morgan fingerprint density at radius 1 is 0.894 bits per heavy atom. The summed E-state index contributed by atoms with van der Waals surface area (Å²) >= 11 is 0. The van der Waals surface area contributed by atoms with E-state index in [1.165, 1.54) is 0 Å². The number of carbonyl (C=O) groups excluding carboxylic acids is 4. The average molecular weight is 645 g/mol. The molecule has 3 aromatic rings. The van der Waals surface area contributed by atoms with Crippen molar-refractivity contribution in [2.45, 2.75) is 65.1 Å². The molecule has 1 unspecified atom stereocenters. The second kappa shape index (κ2) is 16.5. The van der Waals surface area contributed by atoms with Crippen molar-refractivity contribution in [3.8, 4) is 11.4 Å². The van der Waals surface area contributed by atoms with Crippen molar-refractivity contribution in [1.82, 2.24) is 25.1 Å². The molecule has 2 N–H and O–H groups in total. The van der Waals surface area contributed by atoms with Crippen LogP contribution in [0.25, 0.3) is 11.4 Å². The summed E-state index contributed by atoms with van der Waals surface area (Å²) in [6.45, 7) is 9.07. The number of piperazine rings is 1. The van der Waals surface area contributed by atoms with Crippen molar-refractivity contribution in [1.29, 1.82) is 0 Å². The number of amides is 3. The number of ether oxygens (including phenoxy) is 2. The SMILES string of the molecule is CCOC(=O)N1CCN(C(=O)C(CCCC(=O)OC(C)(C)C)NC(=O)c2cc(NCc3ccccc3)nc(-c3ccccc3)n2)CC1. The van der Waals surface area contributed by atoms with Crippen molar-refractivity contribution >= 4 is 29.7 Å². The molecule has 4 rings (SSSR count). The zero-order chi connectivity index (χ0) is 33.8. The number of aromatic nitrogens is 2. The minimum atomic E-state index is -0.935. The Kier molecular flexibility index (Phi) is 12.3. The Morgan fingerprint density at radius 3 is 2.17 bits per heavy atom. The Balaban J connectivity index is 1.53. The zero-order valence-corrected chi connectivity index (χ0v) is 27.5. The molecule has 0 spiro atoms. The van der Waals surface area contributed by atoms with Gasteiger partial charge in [0.2, 0.25) is 5.91 Å². The van der Waals surface area contributed by atoms with Gasteiger partial charge in [0.15, 0.2) is 5.82 Å². The van der Waals surface area contributed by atoms with Crippen molar-refractivity contribution in [2.75, 3.05) is 38.1 Å². The second-order valence-corrected chi connectivity index (χ2v) is 12.2. The lowest BCUT2D eigenvalue weighted by Gasteiger charge is -2.36. The number of hydrogen-bond acceptors (Lipinski definition) is 9. The van der Waals surface area contributed by atoms with Crippen LogP contribution in [0.3, 0.4) is 0 Å². The van der Waals surface area contributed by atoms with E-state index in [9.17, 15) is 19.2 Å². The van der Waals surface area contributed by atoms with Crippen molar-refractivity contribution < 1.29 is 28.7 Å². The first kappa shape index (κ1) is 34.9. The smallest absolute Gasteiger partial charge is 0.409 e. The fraction of sp³-hybridized carbons (Fsp3) is 0.429. The van der Waals surface area contributed by atoms with Gasteiger partial charge in [-0.05, 0) is 46.1 Å². The summed E-state index contributed by atoms with van der Waals surface area (Å²) in [7, 11) is 0. The summed E-state index contributed by atoms with van der Waals surface area (Å²) in [5, 5.41) is 6.16. The largest absolute Gasteiger partial charge is 0.460 e. The van der Waals surface area contributed by atoms with Crippen LogP contribution in [0.1, 0.15) is 63.0 Å². The third-order valence-electron chi connectivity index (χ3n) is 7.32. The molecule has 1 aliphatic heterocycles. The van der Waals surface area contributed by atoms with Crippen molar-refractivity contribution in [2.24, 2.45) is 0 Å². The first-order valence-corrected chi connectivity index (χ1v) is 16.0. The van der Waals surface area contributed by atoms with Gasteiger partial charge in [-0.1, -0.05) is 60.7 Å². The van der Waals surface area contributed by atoms with E-state index in [0.717, 1.165) is 11.1 Å². The number of esters is 1. The lowest BCUT2D eigenvalue weighted by atomic mass is 10.1. The zero-order valence-electron chi connectivity index (χ0n) is 27.5. The van der Waals surface area contributed by atoms with Crippen LogP contribution in [0.4, 0.5) is 10.6 Å². The Morgan fingerprint density at radius 2 is 1.53 bits per heavy atom. The molecule has 12 heteroatoms. The summed E-state index contributed by atoms with van der Waals surface area (Å²) < 4.78 is 10.5. The highest BCUT2D eigenvalue weighted by Crippen LogP contribution is 2.20. The van der Waals surface area contributed by atoms with Crippen LogP contribution >= 0.6 is 0 Å². The predicted molar refractivity (Wildman–Crippen MR) is 177 cm³/mol. The third-order valence-corrected chi connectivity index (χ3v) is 7.32. The van der Waals surface area contributed by atoms with Crippen LogP contribution in [0.5, 0.6) is 0 Å². The quantitative estimate of drug-likeness (QED) is 0.269. The molecular formula is C35H44N6O6. The van der Waals surface area contributed by atoms with Crippen LogP contribution in [-0.2, 0) is 25.6 Å². The van der Waals surface area contributed by atoms with Gasteiger partial charge in [0.25, 0.3) is 5.91 Å². The van der Waals surface area contributed by atoms with E-state index >= 15 is 0 Å². The monoisotopic (exact) mass is 644 g/mol. The molecule has 2 aromatic carbocycles. The molecule has 0 radical (unpaired) electrons. The lowest BCUT2D eigenvalue weighted by Crippen LogP contribution is -2.56. The number of nitrogens with zero attached hydrogens (tertiary/aromatic N) is 4. The maximum atomic E-state index is 13.8. The standard InChI is InChI=1S/C35H44N6O6/c1-5-46-34(45)41-21-19-40(20-22-41)33(44)27(17-12-18-30(42)47-35(2,3)4)38-32(43)28-23-29(36-24-25-13-8-6-9-14-25)39-31(37-28)26-15-10-7-11-16-26/h6-11,13-16,23,27H,5,12,17-22,24H2,1-4H3,(H,38,43)(H,36,37,39). The van der Waals surface area contributed by atoms with Gasteiger partial charge in [-0.25, -0.2) is 14.8 Å². The van der Waals surface area contributed by atoms with E-state index in [-0.39, 0.29) is 50.1 Å². The number of anilines is 1. The maximum Gasteiger partial charge on any atom is 0.409 e. The maximum absolute atomic E-state index is 13.8. The fourth-order valence-electron chi connectivity index (χ4n) is 5.04. The molecule has 1 aliphatic rings. The number of benzene rings is 2. The number of rotatable bonds is 12. The molecule has 0 bridgehead atoms. The third kappa shape index (κ3) is 10.8. The molecule has 1 saturated heterocycles. The summed E-state index contributed by atoms with van der Waals surface area (Å²) in [6, 6.07) is 19.8. The first-order valence-electron chi connectivity index (χ1n) is 16.0. The normalized spacial score (nSPS) is 13.8. The van der Waals surface area contributed by atoms with Gasteiger partial charge in [0, 0.05) is 50.8 Å². The Hall–Kier alpha value is -5.00. The molecule has 47 heavy (non-hydrogen) atoms. The highest BCUT2D eigenvalue weighted by atomic mass is 16.6. The molecule has 3 amide bonds. The van der Waals surface area contributed by atoms with Gasteiger partial charge in [0.05, 0.1) is 6.61 Å². The van der Waals surface area contributed by atoms with Gasteiger partial charge in [-0.2, -0.15) is 0 Å². The molecule has 1 atom stereocenters. The molecule has 0 saturated carbocycles. The molecule has 12 nitrogen and oxygen atoms in total. The van der Waals surface area contributed by atoms with Crippen LogP contribution in [-0.4, -0.2) is 88.1 Å². The predicted octanol–water partition coefficient (Wildman–Crippen LogP) is 4.67. The number of carbonyl (C=O) groups is 4. The second-order valence-electron chi connectivity index (χ2n) is 12.2. The highest BCUT2D eigenvalue weighted by Gasteiger charge is 2.31. The molecular weight excluding hydrogens is 600 g/mol. The van der Waals surface area contributed by atoms with E-state index in [0.29, 0.717) is 37.7 Å². The van der Waals surface area contributed by atoms with E-state index in [4.69, 9.17) is 9.47 Å². The topological polar surface area (TPSA) is 143 Å². The van der Waals surface area contributed by atoms with E-state index in [1.54, 1.807) is 43.6 Å². The molecule has 2 heterocycles. The van der Waals surface area contributed by atoms with Crippen LogP contribution < -0.4 is 10.6 Å². The number of hydrogen-bond donors (Lipinski definition) is 2. The summed E-state index contributed by atoms with van der Waals surface area (Å²) in [5.41, 5.74) is 1.23. The highest BCUT2D eigenvalue weighted by molar-refractivity contribution is 5.97. The fourth-order valence-corrected chi connectivity index (χ4v) is 5.04. The van der Waals surface area contributed by atoms with Gasteiger partial charge in [-0.3, -0.25) is 14.4 Å². The Labute approximate surface area is 275 Å². The van der Waals surface area contributed by atoms with Gasteiger partial charge < -0.3 is 29.9 Å². The van der Waals surface area contributed by atoms with Crippen LogP contribution in [0.15, 0.2) is 66.7 Å². The van der Waals surface area contributed by atoms with Crippen LogP contribution in [0, 0.1) is 0 Å².